The molecular formula is C28H32FN3O3. The number of fused-ring (bicyclic) bond motifs is 5. The Hall–Kier alpha value is -2.90. The van der Waals surface area contributed by atoms with Crippen LogP contribution in [0.5, 0.6) is 5.75 Å². The third-order valence-electron chi connectivity index (χ3n) is 8.01. The normalized spacial score (nSPS) is 23.1. The minimum Gasteiger partial charge on any atom is -0.494 e. The number of aromatic nitrogens is 2. The van der Waals surface area contributed by atoms with Crippen molar-refractivity contribution >= 4 is 33.0 Å². The molecule has 1 fully saturated rings. The Bertz CT molecular complexity index is 1440. The summed E-state index contributed by atoms with van der Waals surface area (Å²) in [5.41, 5.74) is 4.37. The van der Waals surface area contributed by atoms with Gasteiger partial charge in [-0.1, -0.05) is 6.92 Å². The molecule has 0 radical (unpaired) electrons. The smallest absolute Gasteiger partial charge is 0.167 e. The summed E-state index contributed by atoms with van der Waals surface area (Å²) in [6.45, 7) is 6.47. The van der Waals surface area contributed by atoms with Gasteiger partial charge < -0.3 is 23.9 Å². The van der Waals surface area contributed by atoms with Crippen molar-refractivity contribution in [2.75, 3.05) is 31.7 Å². The number of aliphatic hydroxyl groups is 1. The molecule has 6 nitrogen and oxygen atoms in total. The molecule has 0 bridgehead atoms. The van der Waals surface area contributed by atoms with Gasteiger partial charge in [-0.15, -0.1) is 0 Å². The van der Waals surface area contributed by atoms with Crippen LogP contribution in [0, 0.1) is 5.82 Å². The van der Waals surface area contributed by atoms with E-state index in [1.807, 2.05) is 13.8 Å². The minimum atomic E-state index is -0.954. The molecule has 2 atom stereocenters. The van der Waals surface area contributed by atoms with Crippen LogP contribution in [-0.2, 0) is 10.3 Å². The van der Waals surface area contributed by atoms with Gasteiger partial charge in [0.1, 0.15) is 0 Å². The van der Waals surface area contributed by atoms with Gasteiger partial charge in [0.25, 0.3) is 0 Å². The summed E-state index contributed by atoms with van der Waals surface area (Å²) < 4.78 is 28.2. The lowest BCUT2D eigenvalue weighted by Gasteiger charge is -2.30. The molecule has 35 heavy (non-hydrogen) atoms. The Labute approximate surface area is 204 Å². The van der Waals surface area contributed by atoms with E-state index in [0.717, 1.165) is 64.6 Å². The van der Waals surface area contributed by atoms with Crippen LogP contribution in [0.15, 0.2) is 30.6 Å². The van der Waals surface area contributed by atoms with Crippen LogP contribution in [0.4, 0.5) is 10.1 Å². The van der Waals surface area contributed by atoms with E-state index < -0.39 is 11.4 Å². The Kier molecular flexibility index (Phi) is 5.38. The van der Waals surface area contributed by atoms with Crippen molar-refractivity contribution in [3.63, 3.8) is 0 Å². The fraction of sp³-hybridized carbons (Fsp3) is 0.464. The number of methoxy groups -OCH3 is 1. The number of anilines is 1. The van der Waals surface area contributed by atoms with Crippen LogP contribution in [0.3, 0.4) is 0 Å². The zero-order chi connectivity index (χ0) is 24.3. The summed E-state index contributed by atoms with van der Waals surface area (Å²) in [7, 11) is 1.49. The molecule has 1 N–H and O–H groups in total. The molecule has 4 aromatic rings. The van der Waals surface area contributed by atoms with Gasteiger partial charge in [-0.25, -0.2) is 9.37 Å². The fourth-order valence-electron chi connectivity index (χ4n) is 5.94. The summed E-state index contributed by atoms with van der Waals surface area (Å²) in [5.74, 6) is -0.188. The van der Waals surface area contributed by atoms with Crippen molar-refractivity contribution in [2.24, 2.45) is 0 Å². The highest BCUT2D eigenvalue weighted by atomic mass is 19.1. The van der Waals surface area contributed by atoms with Crippen molar-refractivity contribution in [2.45, 2.75) is 57.7 Å². The van der Waals surface area contributed by atoms with Crippen LogP contribution in [0.2, 0.25) is 0 Å². The van der Waals surface area contributed by atoms with Crippen LogP contribution in [0.1, 0.15) is 63.2 Å². The molecule has 1 saturated heterocycles. The summed E-state index contributed by atoms with van der Waals surface area (Å²) >= 11 is 0. The summed E-state index contributed by atoms with van der Waals surface area (Å²) in [6.07, 6.45) is 8.72. The fourth-order valence-corrected chi connectivity index (χ4v) is 5.94. The number of halogens is 1. The summed E-state index contributed by atoms with van der Waals surface area (Å²) in [5, 5.41) is 13.5. The van der Waals surface area contributed by atoms with Gasteiger partial charge in [0.15, 0.2) is 11.6 Å². The van der Waals surface area contributed by atoms with Crippen molar-refractivity contribution in [1.29, 1.82) is 0 Å². The quantitative estimate of drug-likeness (QED) is 0.401. The minimum absolute atomic E-state index is 0.118. The van der Waals surface area contributed by atoms with E-state index in [1.54, 1.807) is 6.07 Å². The van der Waals surface area contributed by atoms with Gasteiger partial charge in [-0.2, -0.15) is 0 Å². The first-order chi connectivity index (χ1) is 16.9. The molecule has 3 aromatic heterocycles. The van der Waals surface area contributed by atoms with Crippen molar-refractivity contribution in [1.82, 2.24) is 9.38 Å². The highest BCUT2D eigenvalue weighted by molar-refractivity contribution is 6.12. The second kappa shape index (κ2) is 8.35. The number of benzene rings is 1. The number of hydrogen-bond donors (Lipinski definition) is 1. The van der Waals surface area contributed by atoms with E-state index >= 15 is 0 Å². The molecule has 184 valence electrons. The van der Waals surface area contributed by atoms with E-state index in [0.29, 0.717) is 25.0 Å². The average molecular weight is 478 g/mol. The average Bonchev–Trinajstić information content (AvgIpc) is 3.17. The van der Waals surface area contributed by atoms with Gasteiger partial charge in [0, 0.05) is 54.3 Å². The van der Waals surface area contributed by atoms with E-state index in [9.17, 15) is 9.50 Å². The molecule has 6 rings (SSSR count). The van der Waals surface area contributed by atoms with Gasteiger partial charge >= 0.3 is 0 Å². The summed E-state index contributed by atoms with van der Waals surface area (Å²) in [4.78, 5) is 7.38. The van der Waals surface area contributed by atoms with Gasteiger partial charge in [-0.05, 0) is 50.3 Å². The molecule has 0 aliphatic carbocycles. The summed E-state index contributed by atoms with van der Waals surface area (Å²) in [6, 6.07) is 5.33. The van der Waals surface area contributed by atoms with Crippen LogP contribution in [-0.4, -0.2) is 41.3 Å². The molecule has 2 unspecified atom stereocenters. The number of pyridine rings is 2. The second-order valence-electron chi connectivity index (χ2n) is 9.99. The number of rotatable bonds is 3. The Balaban J connectivity index is 1.70. The topological polar surface area (TPSA) is 59.2 Å². The van der Waals surface area contributed by atoms with E-state index in [1.165, 1.54) is 19.6 Å². The second-order valence-corrected chi connectivity index (χ2v) is 9.99. The molecule has 7 heteroatoms. The van der Waals surface area contributed by atoms with Crippen molar-refractivity contribution < 1.29 is 19.0 Å². The van der Waals surface area contributed by atoms with Gasteiger partial charge in [0.2, 0.25) is 0 Å². The first-order valence-electron chi connectivity index (χ1n) is 12.7. The maximum Gasteiger partial charge on any atom is 0.167 e. The maximum absolute atomic E-state index is 14.8. The first kappa shape index (κ1) is 22.6. The van der Waals surface area contributed by atoms with Crippen molar-refractivity contribution in [3.8, 4) is 5.75 Å². The maximum atomic E-state index is 14.8. The molecule has 2 aliphatic rings. The predicted octanol–water partition coefficient (Wildman–Crippen LogP) is 5.86. The number of piperidine rings is 1. The Morgan fingerprint density at radius 1 is 1.17 bits per heavy atom. The highest BCUT2D eigenvalue weighted by Gasteiger charge is 2.35. The SMILES string of the molecule is CCC1(O)CCOC(C)c2cn3cc4c(N5CCCCC5)c5cc(OC)c(F)cc5nc4c3cc21. The first-order valence-corrected chi connectivity index (χ1v) is 12.7. The van der Waals surface area contributed by atoms with E-state index in [-0.39, 0.29) is 11.9 Å². The van der Waals surface area contributed by atoms with Gasteiger partial charge in [-0.3, -0.25) is 0 Å². The van der Waals surface area contributed by atoms with E-state index in [4.69, 9.17) is 14.5 Å². The molecule has 0 saturated carbocycles. The zero-order valence-electron chi connectivity index (χ0n) is 20.6. The van der Waals surface area contributed by atoms with Gasteiger partial charge in [0.05, 0.1) is 47.7 Å². The molecule has 1 aromatic carbocycles. The Morgan fingerprint density at radius 2 is 1.97 bits per heavy atom. The molecular weight excluding hydrogens is 445 g/mol. The van der Waals surface area contributed by atoms with Crippen molar-refractivity contribution in [3.05, 3.63) is 47.5 Å². The van der Waals surface area contributed by atoms with Crippen LogP contribution in [0.25, 0.3) is 27.3 Å². The lowest BCUT2D eigenvalue weighted by molar-refractivity contribution is -0.00672. The van der Waals surface area contributed by atoms with Crippen LogP contribution < -0.4 is 9.64 Å². The highest BCUT2D eigenvalue weighted by Crippen LogP contribution is 2.43. The standard InChI is InChI=1S/C28H32FN3O3/c1-4-28(33)8-11-35-17(2)19-15-32-16-20-26(24(32)13-21(19)28)30-23-14-22(29)25(34-3)12-18(23)27(20)31-9-6-5-7-10-31/h12-17,33H,4-11H2,1-3H3. The van der Waals surface area contributed by atoms with E-state index in [2.05, 4.69) is 27.8 Å². The Morgan fingerprint density at radius 3 is 2.71 bits per heavy atom. The molecule has 5 heterocycles. The largest absolute Gasteiger partial charge is 0.494 e. The number of ether oxygens (including phenoxy) is 2. The molecule has 0 amide bonds. The third kappa shape index (κ3) is 3.47. The lowest BCUT2D eigenvalue weighted by atomic mass is 9.85. The number of nitrogens with zero attached hydrogens (tertiary/aromatic N) is 3. The van der Waals surface area contributed by atoms with Crippen LogP contribution >= 0.6 is 0 Å². The monoisotopic (exact) mass is 477 g/mol. The zero-order valence-corrected chi connectivity index (χ0v) is 20.6. The number of hydrogen-bond acceptors (Lipinski definition) is 5. The third-order valence-corrected chi connectivity index (χ3v) is 8.01. The molecule has 0 spiro atoms. The molecule has 2 aliphatic heterocycles. The lowest BCUT2D eigenvalue weighted by Crippen LogP contribution is -2.29. The predicted molar refractivity (Wildman–Crippen MR) is 136 cm³/mol.